The third-order valence-corrected chi connectivity index (χ3v) is 3.26. The molecule has 0 aliphatic heterocycles. The van der Waals surface area contributed by atoms with Gasteiger partial charge in [-0.1, -0.05) is 30.3 Å². The lowest BCUT2D eigenvalue weighted by atomic mass is 9.91. The van der Waals surface area contributed by atoms with E-state index in [9.17, 15) is 14.3 Å². The number of carboxylic acid groups (broad SMARTS) is 1. The lowest BCUT2D eigenvalue weighted by Crippen LogP contribution is -2.40. The monoisotopic (exact) mass is 284 g/mol. The van der Waals surface area contributed by atoms with Crippen LogP contribution in [-0.2, 0) is 10.3 Å². The van der Waals surface area contributed by atoms with Crippen molar-refractivity contribution in [1.82, 2.24) is 0 Å². The molecular weight excluding hydrogens is 271 g/mol. The summed E-state index contributed by atoms with van der Waals surface area (Å²) in [7, 11) is 0. The highest BCUT2D eigenvalue weighted by Gasteiger charge is 2.35. The first kappa shape index (κ1) is 14.5. The number of nitrogens with zero attached hydrogens (tertiary/aromatic N) is 1. The van der Waals surface area contributed by atoms with Crippen LogP contribution in [0, 0.1) is 17.1 Å². The van der Waals surface area contributed by atoms with Gasteiger partial charge in [0.2, 0.25) is 0 Å². The molecule has 0 saturated heterocycles. The van der Waals surface area contributed by atoms with Crippen LogP contribution < -0.4 is 5.32 Å². The maximum Gasteiger partial charge on any atom is 0.333 e. The molecule has 2 rings (SSSR count). The minimum atomic E-state index is -1.48. The quantitative estimate of drug-likeness (QED) is 0.904. The summed E-state index contributed by atoms with van der Waals surface area (Å²) in [6, 6.07) is 14.2. The van der Waals surface area contributed by atoms with E-state index in [-0.39, 0.29) is 11.3 Å². The van der Waals surface area contributed by atoms with E-state index in [1.165, 1.54) is 19.1 Å². The van der Waals surface area contributed by atoms with Gasteiger partial charge in [-0.2, -0.15) is 5.26 Å². The molecule has 2 N–H and O–H groups in total. The van der Waals surface area contributed by atoms with Crippen LogP contribution in [-0.4, -0.2) is 11.1 Å². The molecule has 0 aromatic heterocycles. The van der Waals surface area contributed by atoms with Crippen molar-refractivity contribution in [1.29, 1.82) is 5.26 Å². The number of carboxylic acids is 1. The normalized spacial score (nSPS) is 13.0. The Morgan fingerprint density at radius 3 is 2.48 bits per heavy atom. The van der Waals surface area contributed by atoms with Crippen LogP contribution in [0.4, 0.5) is 10.1 Å². The SMILES string of the molecule is CC(Nc1ccc(C#N)cc1F)(C(=O)O)c1ccccc1. The van der Waals surface area contributed by atoms with Crippen LogP contribution in [0.25, 0.3) is 0 Å². The number of nitrogens with one attached hydrogen (secondary N) is 1. The largest absolute Gasteiger partial charge is 0.479 e. The molecule has 106 valence electrons. The Labute approximate surface area is 121 Å². The summed E-state index contributed by atoms with van der Waals surface area (Å²) in [6.07, 6.45) is 0. The van der Waals surface area contributed by atoms with Gasteiger partial charge >= 0.3 is 5.97 Å². The fraction of sp³-hybridized carbons (Fsp3) is 0.125. The van der Waals surface area contributed by atoms with E-state index in [2.05, 4.69) is 5.32 Å². The van der Waals surface area contributed by atoms with Crippen LogP contribution in [0.5, 0.6) is 0 Å². The Bertz CT molecular complexity index is 710. The molecule has 1 unspecified atom stereocenters. The van der Waals surface area contributed by atoms with E-state index in [1.807, 2.05) is 6.07 Å². The highest BCUT2D eigenvalue weighted by atomic mass is 19.1. The van der Waals surface area contributed by atoms with Crippen LogP contribution in [0.15, 0.2) is 48.5 Å². The van der Waals surface area contributed by atoms with Crippen molar-refractivity contribution in [2.45, 2.75) is 12.5 Å². The van der Waals surface area contributed by atoms with Crippen molar-refractivity contribution in [3.8, 4) is 6.07 Å². The molecule has 0 aliphatic rings. The van der Waals surface area contributed by atoms with Crippen molar-refractivity contribution in [3.05, 3.63) is 65.5 Å². The van der Waals surface area contributed by atoms with E-state index >= 15 is 0 Å². The molecule has 0 fully saturated rings. The van der Waals surface area contributed by atoms with E-state index in [1.54, 1.807) is 30.3 Å². The molecule has 0 saturated carbocycles. The number of nitriles is 1. The highest BCUT2D eigenvalue weighted by Crippen LogP contribution is 2.28. The summed E-state index contributed by atoms with van der Waals surface area (Å²) < 4.78 is 13.9. The van der Waals surface area contributed by atoms with Gasteiger partial charge in [-0.25, -0.2) is 9.18 Å². The van der Waals surface area contributed by atoms with Crippen molar-refractivity contribution in [2.24, 2.45) is 0 Å². The summed E-state index contributed by atoms with van der Waals surface area (Å²) in [6.45, 7) is 1.46. The van der Waals surface area contributed by atoms with E-state index in [0.29, 0.717) is 5.56 Å². The Morgan fingerprint density at radius 2 is 1.95 bits per heavy atom. The first-order valence-electron chi connectivity index (χ1n) is 6.24. The number of hydrogen-bond acceptors (Lipinski definition) is 3. The second-order valence-electron chi connectivity index (χ2n) is 4.73. The number of benzene rings is 2. The van der Waals surface area contributed by atoms with Crippen molar-refractivity contribution in [3.63, 3.8) is 0 Å². The molecule has 21 heavy (non-hydrogen) atoms. The number of halogens is 1. The Balaban J connectivity index is 2.43. The molecule has 4 nitrogen and oxygen atoms in total. The number of hydrogen-bond donors (Lipinski definition) is 2. The molecule has 2 aromatic carbocycles. The zero-order valence-electron chi connectivity index (χ0n) is 11.3. The zero-order valence-corrected chi connectivity index (χ0v) is 11.3. The minimum absolute atomic E-state index is 0.0303. The fourth-order valence-electron chi connectivity index (χ4n) is 1.98. The van der Waals surface area contributed by atoms with Crippen LogP contribution in [0.3, 0.4) is 0 Å². The lowest BCUT2D eigenvalue weighted by molar-refractivity contribution is -0.142. The first-order chi connectivity index (χ1) is 9.97. The summed E-state index contributed by atoms with van der Waals surface area (Å²) in [4.78, 5) is 11.6. The van der Waals surface area contributed by atoms with Crippen molar-refractivity contribution >= 4 is 11.7 Å². The molecule has 0 radical (unpaired) electrons. The van der Waals surface area contributed by atoms with E-state index in [4.69, 9.17) is 5.26 Å². The molecular formula is C16H13FN2O2. The Morgan fingerprint density at radius 1 is 1.29 bits per heavy atom. The van der Waals surface area contributed by atoms with Gasteiger partial charge in [0.25, 0.3) is 0 Å². The van der Waals surface area contributed by atoms with Crippen molar-refractivity contribution < 1.29 is 14.3 Å². The highest BCUT2D eigenvalue weighted by molar-refractivity contribution is 5.84. The van der Waals surface area contributed by atoms with Gasteiger partial charge in [-0.3, -0.25) is 0 Å². The predicted octanol–water partition coefficient (Wildman–Crippen LogP) is 3.11. The maximum absolute atomic E-state index is 13.9. The van der Waals surface area contributed by atoms with Gasteiger partial charge in [-0.15, -0.1) is 0 Å². The predicted molar refractivity (Wildman–Crippen MR) is 76.2 cm³/mol. The number of aliphatic carboxylic acids is 1. The average molecular weight is 284 g/mol. The van der Waals surface area contributed by atoms with Gasteiger partial charge in [0.15, 0.2) is 5.54 Å². The van der Waals surface area contributed by atoms with Crippen molar-refractivity contribution in [2.75, 3.05) is 5.32 Å². The fourth-order valence-corrected chi connectivity index (χ4v) is 1.98. The Kier molecular flexibility index (Phi) is 3.90. The van der Waals surface area contributed by atoms with Crippen LogP contribution in [0.2, 0.25) is 0 Å². The van der Waals surface area contributed by atoms with Crippen LogP contribution in [0.1, 0.15) is 18.1 Å². The number of rotatable bonds is 4. The molecule has 2 aromatic rings. The zero-order chi connectivity index (χ0) is 15.5. The second-order valence-corrected chi connectivity index (χ2v) is 4.73. The number of anilines is 1. The number of carbonyl (C=O) groups is 1. The third-order valence-electron chi connectivity index (χ3n) is 3.26. The third kappa shape index (κ3) is 2.84. The lowest BCUT2D eigenvalue weighted by Gasteiger charge is -2.28. The molecule has 0 spiro atoms. The van der Waals surface area contributed by atoms with Gasteiger partial charge in [0.05, 0.1) is 17.3 Å². The average Bonchev–Trinajstić information content (AvgIpc) is 2.49. The summed E-state index contributed by atoms with van der Waals surface area (Å²) in [5.74, 6) is -1.80. The minimum Gasteiger partial charge on any atom is -0.479 e. The Hall–Kier alpha value is -2.87. The molecule has 1 atom stereocenters. The van der Waals surface area contributed by atoms with E-state index < -0.39 is 17.3 Å². The van der Waals surface area contributed by atoms with E-state index in [0.717, 1.165) is 6.07 Å². The maximum atomic E-state index is 13.9. The topological polar surface area (TPSA) is 73.1 Å². The van der Waals surface area contributed by atoms with Gasteiger partial charge in [0.1, 0.15) is 5.82 Å². The molecule has 0 heterocycles. The molecule has 0 amide bonds. The summed E-state index contributed by atoms with van der Waals surface area (Å²) in [5, 5.41) is 20.9. The molecule has 0 bridgehead atoms. The molecule has 0 aliphatic carbocycles. The summed E-state index contributed by atoms with van der Waals surface area (Å²) in [5.41, 5.74) is -0.769. The first-order valence-corrected chi connectivity index (χ1v) is 6.24. The van der Waals surface area contributed by atoms with Gasteiger partial charge in [0, 0.05) is 0 Å². The smallest absolute Gasteiger partial charge is 0.333 e. The second kappa shape index (κ2) is 5.63. The van der Waals surface area contributed by atoms with Gasteiger partial charge in [-0.05, 0) is 30.7 Å². The standard InChI is InChI=1S/C16H13FN2O2/c1-16(15(20)21,12-5-3-2-4-6-12)19-14-8-7-11(10-18)9-13(14)17/h2-9,19H,1H3,(H,20,21). The molecule has 5 heteroatoms. The summed E-state index contributed by atoms with van der Waals surface area (Å²) >= 11 is 0. The van der Waals surface area contributed by atoms with Gasteiger partial charge < -0.3 is 10.4 Å². The van der Waals surface area contributed by atoms with Crippen LogP contribution >= 0.6 is 0 Å².